The third kappa shape index (κ3) is 4.08. The molecule has 116 valence electrons. The summed E-state index contributed by atoms with van der Waals surface area (Å²) >= 11 is 1.34. The summed E-state index contributed by atoms with van der Waals surface area (Å²) in [5.74, 6) is 0.0470. The summed E-state index contributed by atoms with van der Waals surface area (Å²) in [5.41, 5.74) is 6.52. The van der Waals surface area contributed by atoms with Crippen molar-refractivity contribution in [2.45, 2.75) is 20.3 Å². The molecule has 22 heavy (non-hydrogen) atoms. The smallest absolute Gasteiger partial charge is 0.251 e. The predicted molar refractivity (Wildman–Crippen MR) is 87.5 cm³/mol. The number of ether oxygens (including phenoxy) is 1. The van der Waals surface area contributed by atoms with Gasteiger partial charge in [-0.25, -0.2) is 0 Å². The zero-order valence-electron chi connectivity index (χ0n) is 12.5. The number of thiophene rings is 1. The largest absolute Gasteiger partial charge is 0.494 e. The highest BCUT2D eigenvalue weighted by atomic mass is 32.1. The van der Waals surface area contributed by atoms with Gasteiger partial charge in [-0.05, 0) is 37.6 Å². The molecular weight excluding hydrogens is 300 g/mol. The number of carbonyl (C=O) groups is 2. The maximum atomic E-state index is 12.1. The van der Waals surface area contributed by atoms with Crippen LogP contribution < -0.4 is 15.8 Å². The fourth-order valence-corrected chi connectivity index (χ4v) is 2.95. The number of benzene rings is 1. The molecule has 0 bridgehead atoms. The van der Waals surface area contributed by atoms with Crippen molar-refractivity contribution >= 4 is 28.2 Å². The van der Waals surface area contributed by atoms with Crippen LogP contribution in [0.1, 0.15) is 27.7 Å². The molecule has 1 heterocycles. The number of nitrogens with two attached hydrogens (primary N) is 1. The molecule has 3 N–H and O–H groups in total. The molecule has 0 saturated heterocycles. The van der Waals surface area contributed by atoms with E-state index in [4.69, 9.17) is 10.5 Å². The van der Waals surface area contributed by atoms with E-state index in [-0.39, 0.29) is 12.3 Å². The lowest BCUT2D eigenvalue weighted by Crippen LogP contribution is -2.17. The molecule has 0 aliphatic carbocycles. The molecule has 2 amide bonds. The SMILES string of the molecule is CCOc1ccc(CC(=O)Nc2sc(C)cc2C(N)=O)cc1. The second-order valence-electron chi connectivity index (χ2n) is 4.77. The highest BCUT2D eigenvalue weighted by molar-refractivity contribution is 7.16. The quantitative estimate of drug-likeness (QED) is 0.859. The minimum Gasteiger partial charge on any atom is -0.494 e. The first-order valence-corrected chi connectivity index (χ1v) is 7.73. The number of primary amides is 1. The molecule has 0 spiro atoms. The van der Waals surface area contributed by atoms with Crippen molar-refractivity contribution in [3.05, 3.63) is 46.3 Å². The van der Waals surface area contributed by atoms with E-state index < -0.39 is 5.91 Å². The van der Waals surface area contributed by atoms with E-state index in [0.717, 1.165) is 16.2 Å². The Morgan fingerprint density at radius 2 is 1.95 bits per heavy atom. The number of rotatable bonds is 6. The van der Waals surface area contributed by atoms with Crippen LogP contribution in [-0.2, 0) is 11.2 Å². The Hall–Kier alpha value is -2.34. The van der Waals surface area contributed by atoms with Crippen LogP contribution in [0.5, 0.6) is 5.75 Å². The fourth-order valence-electron chi connectivity index (χ4n) is 2.02. The van der Waals surface area contributed by atoms with Gasteiger partial charge in [-0.1, -0.05) is 12.1 Å². The summed E-state index contributed by atoms with van der Waals surface area (Å²) in [4.78, 5) is 24.3. The Balaban J connectivity index is 2.02. The van der Waals surface area contributed by atoms with Gasteiger partial charge in [0.25, 0.3) is 5.91 Å². The summed E-state index contributed by atoms with van der Waals surface area (Å²) in [5, 5.41) is 3.25. The zero-order chi connectivity index (χ0) is 16.1. The van der Waals surface area contributed by atoms with Crippen LogP contribution >= 0.6 is 11.3 Å². The van der Waals surface area contributed by atoms with Gasteiger partial charge < -0.3 is 15.8 Å². The summed E-state index contributed by atoms with van der Waals surface area (Å²) in [6, 6.07) is 9.03. The Labute approximate surface area is 133 Å². The van der Waals surface area contributed by atoms with Gasteiger partial charge >= 0.3 is 0 Å². The van der Waals surface area contributed by atoms with Gasteiger partial charge in [0.1, 0.15) is 10.8 Å². The van der Waals surface area contributed by atoms with Crippen molar-refractivity contribution in [1.82, 2.24) is 0 Å². The van der Waals surface area contributed by atoms with Crippen LogP contribution in [0.15, 0.2) is 30.3 Å². The van der Waals surface area contributed by atoms with Gasteiger partial charge in [-0.3, -0.25) is 9.59 Å². The molecule has 1 aromatic heterocycles. The van der Waals surface area contributed by atoms with E-state index in [1.807, 2.05) is 38.1 Å². The molecule has 0 saturated carbocycles. The molecule has 0 unspecified atom stereocenters. The number of carbonyl (C=O) groups excluding carboxylic acids is 2. The number of nitrogens with one attached hydrogen (secondary N) is 1. The van der Waals surface area contributed by atoms with E-state index in [2.05, 4.69) is 5.32 Å². The molecule has 2 aromatic rings. The number of hydrogen-bond donors (Lipinski definition) is 2. The molecular formula is C16H18N2O3S. The molecule has 0 radical (unpaired) electrons. The molecule has 0 fully saturated rings. The maximum Gasteiger partial charge on any atom is 0.251 e. The first kappa shape index (κ1) is 16.0. The lowest BCUT2D eigenvalue weighted by Gasteiger charge is -2.06. The summed E-state index contributed by atoms with van der Waals surface area (Å²) in [6.07, 6.45) is 0.224. The number of aryl methyl sites for hydroxylation is 1. The number of amides is 2. The van der Waals surface area contributed by atoms with Gasteiger partial charge in [0, 0.05) is 4.88 Å². The predicted octanol–water partition coefficient (Wildman–Crippen LogP) is 2.74. The van der Waals surface area contributed by atoms with E-state index in [0.29, 0.717) is 17.2 Å². The third-order valence-electron chi connectivity index (χ3n) is 2.97. The zero-order valence-corrected chi connectivity index (χ0v) is 13.3. The first-order chi connectivity index (χ1) is 10.5. The minimum absolute atomic E-state index is 0.187. The Kier molecular flexibility index (Phi) is 5.16. The average molecular weight is 318 g/mol. The van der Waals surface area contributed by atoms with Crippen molar-refractivity contribution in [3.8, 4) is 5.75 Å². The normalized spacial score (nSPS) is 10.3. The van der Waals surface area contributed by atoms with Gasteiger partial charge in [0.15, 0.2) is 0 Å². The van der Waals surface area contributed by atoms with E-state index >= 15 is 0 Å². The van der Waals surface area contributed by atoms with Gasteiger partial charge in [0.2, 0.25) is 5.91 Å². The van der Waals surface area contributed by atoms with Crippen LogP contribution in [0.25, 0.3) is 0 Å². The standard InChI is InChI=1S/C16H18N2O3S/c1-3-21-12-6-4-11(5-7-12)9-14(19)18-16-13(15(17)20)8-10(2)22-16/h4-8H,3,9H2,1-2H3,(H2,17,20)(H,18,19). The highest BCUT2D eigenvalue weighted by Crippen LogP contribution is 2.27. The van der Waals surface area contributed by atoms with Crippen LogP contribution in [0.3, 0.4) is 0 Å². The van der Waals surface area contributed by atoms with Gasteiger partial charge in [-0.2, -0.15) is 0 Å². The Morgan fingerprint density at radius 1 is 1.27 bits per heavy atom. The van der Waals surface area contributed by atoms with Gasteiger partial charge in [0.05, 0.1) is 18.6 Å². The number of hydrogen-bond acceptors (Lipinski definition) is 4. The molecule has 0 aliphatic rings. The van der Waals surface area contributed by atoms with Crippen molar-refractivity contribution in [1.29, 1.82) is 0 Å². The maximum absolute atomic E-state index is 12.1. The van der Waals surface area contributed by atoms with Crippen molar-refractivity contribution in [2.75, 3.05) is 11.9 Å². The molecule has 5 nitrogen and oxygen atoms in total. The molecule has 0 aliphatic heterocycles. The second-order valence-corrected chi connectivity index (χ2v) is 6.02. The van der Waals surface area contributed by atoms with Crippen LogP contribution in [0.2, 0.25) is 0 Å². The van der Waals surface area contributed by atoms with Crippen LogP contribution in [0.4, 0.5) is 5.00 Å². The fraction of sp³-hybridized carbons (Fsp3) is 0.250. The Morgan fingerprint density at radius 3 is 2.55 bits per heavy atom. The molecule has 0 atom stereocenters. The van der Waals surface area contributed by atoms with Crippen molar-refractivity contribution in [3.63, 3.8) is 0 Å². The second kappa shape index (κ2) is 7.09. The summed E-state index contributed by atoms with van der Waals surface area (Å²) in [6.45, 7) is 4.38. The minimum atomic E-state index is -0.541. The van der Waals surface area contributed by atoms with Crippen molar-refractivity contribution in [2.24, 2.45) is 5.73 Å². The average Bonchev–Trinajstić information content (AvgIpc) is 2.82. The lowest BCUT2D eigenvalue weighted by molar-refractivity contribution is -0.115. The van der Waals surface area contributed by atoms with Crippen LogP contribution in [0, 0.1) is 6.92 Å². The topological polar surface area (TPSA) is 81.4 Å². The van der Waals surface area contributed by atoms with Crippen molar-refractivity contribution < 1.29 is 14.3 Å². The Bertz CT molecular complexity index is 677. The van der Waals surface area contributed by atoms with Crippen LogP contribution in [-0.4, -0.2) is 18.4 Å². The summed E-state index contributed by atoms with van der Waals surface area (Å²) < 4.78 is 5.36. The lowest BCUT2D eigenvalue weighted by atomic mass is 10.1. The molecule has 1 aromatic carbocycles. The first-order valence-electron chi connectivity index (χ1n) is 6.91. The van der Waals surface area contributed by atoms with E-state index in [1.54, 1.807) is 6.07 Å². The molecule has 2 rings (SSSR count). The van der Waals surface area contributed by atoms with E-state index in [9.17, 15) is 9.59 Å². The molecule has 6 heteroatoms. The van der Waals surface area contributed by atoms with E-state index in [1.165, 1.54) is 11.3 Å². The monoisotopic (exact) mass is 318 g/mol. The number of anilines is 1. The highest BCUT2D eigenvalue weighted by Gasteiger charge is 2.14. The third-order valence-corrected chi connectivity index (χ3v) is 3.94. The van der Waals surface area contributed by atoms with Gasteiger partial charge in [-0.15, -0.1) is 11.3 Å². The summed E-state index contributed by atoms with van der Waals surface area (Å²) in [7, 11) is 0.